The van der Waals surface area contributed by atoms with E-state index in [2.05, 4.69) is 21.2 Å². The van der Waals surface area contributed by atoms with Crippen LogP contribution in [0.5, 0.6) is 0 Å². The summed E-state index contributed by atoms with van der Waals surface area (Å²) < 4.78 is 0. The first-order valence-electron chi connectivity index (χ1n) is 9.82. The monoisotopic (exact) mass is 405 g/mol. The number of fused-ring (bicyclic) bond motifs is 1. The zero-order valence-electron chi connectivity index (χ0n) is 16.7. The molecule has 2 aromatic carbocycles. The van der Waals surface area contributed by atoms with Crippen molar-refractivity contribution in [3.8, 4) is 23.6 Å². The largest absolute Gasteiger partial charge is 0.342 e. The molecule has 0 fully saturated rings. The third-order valence-corrected chi connectivity index (χ3v) is 4.96. The van der Waals surface area contributed by atoms with E-state index in [1.165, 1.54) is 0 Å². The molecule has 0 bridgehead atoms. The van der Waals surface area contributed by atoms with Crippen molar-refractivity contribution in [2.24, 2.45) is 0 Å². The van der Waals surface area contributed by atoms with Gasteiger partial charge < -0.3 is 10.1 Å². The molecule has 0 radical (unpaired) electrons. The summed E-state index contributed by atoms with van der Waals surface area (Å²) in [6.45, 7) is 0. The van der Waals surface area contributed by atoms with E-state index in [-0.39, 0.29) is 0 Å². The number of para-hydroxylation sites is 1. The van der Waals surface area contributed by atoms with Crippen molar-refractivity contribution < 1.29 is 9.59 Å². The van der Waals surface area contributed by atoms with E-state index < -0.39 is 11.9 Å². The Kier molecular flexibility index (Phi) is 5.82. The summed E-state index contributed by atoms with van der Waals surface area (Å²) in [5.74, 6) is 2.19. The highest BCUT2D eigenvalue weighted by Gasteiger charge is 2.24. The maximum atomic E-state index is 13.5. The molecule has 4 aromatic rings. The fourth-order valence-electron chi connectivity index (χ4n) is 3.55. The minimum Gasteiger partial charge on any atom is -0.342 e. The van der Waals surface area contributed by atoms with E-state index in [9.17, 15) is 9.59 Å². The van der Waals surface area contributed by atoms with Gasteiger partial charge in [0.05, 0.1) is 22.8 Å². The van der Waals surface area contributed by atoms with Crippen molar-refractivity contribution in [2.45, 2.75) is 12.5 Å². The number of aromatic nitrogens is 2. The molecule has 5 nitrogen and oxygen atoms in total. The molecule has 0 aliphatic carbocycles. The Labute approximate surface area is 180 Å². The average Bonchev–Trinajstić information content (AvgIpc) is 2.83. The molecule has 2 heterocycles. The molecule has 1 atom stereocenters. The molecule has 1 amide bonds. The number of nitrogens with one attached hydrogen (secondary N) is 1. The second-order valence-electron chi connectivity index (χ2n) is 6.99. The summed E-state index contributed by atoms with van der Waals surface area (Å²) in [5.41, 5.74) is 3.26. The van der Waals surface area contributed by atoms with Gasteiger partial charge in [0.15, 0.2) is 0 Å². The lowest BCUT2D eigenvalue weighted by molar-refractivity contribution is -0.109. The third kappa shape index (κ3) is 4.19. The van der Waals surface area contributed by atoms with E-state index >= 15 is 0 Å². The van der Waals surface area contributed by atoms with E-state index in [1.807, 2.05) is 54.6 Å². The van der Waals surface area contributed by atoms with E-state index in [1.54, 1.807) is 24.4 Å². The van der Waals surface area contributed by atoms with Crippen LogP contribution >= 0.6 is 0 Å². The van der Waals surface area contributed by atoms with Crippen LogP contribution in [0, 0.1) is 12.3 Å². The molecule has 0 saturated carbocycles. The highest BCUT2D eigenvalue weighted by Crippen LogP contribution is 2.31. The van der Waals surface area contributed by atoms with Crippen LogP contribution in [0.2, 0.25) is 0 Å². The molecule has 0 aliphatic heterocycles. The van der Waals surface area contributed by atoms with Crippen LogP contribution in [0.1, 0.15) is 21.6 Å². The lowest BCUT2D eigenvalue weighted by atomic mass is 9.96. The lowest BCUT2D eigenvalue weighted by Gasteiger charge is -2.17. The highest BCUT2D eigenvalue weighted by atomic mass is 16.2. The number of pyridine rings is 2. The molecule has 150 valence electrons. The molecule has 0 spiro atoms. The molecule has 1 unspecified atom stereocenters. The maximum Gasteiger partial charge on any atom is 0.253 e. The first kappa shape index (κ1) is 20.0. The summed E-state index contributed by atoms with van der Waals surface area (Å²) in [7, 11) is 0. The number of hydrogen-bond donors (Lipinski definition) is 1. The minimum absolute atomic E-state index is 0.327. The van der Waals surface area contributed by atoms with E-state index in [4.69, 9.17) is 6.42 Å². The molecular formula is C26H19N3O2. The maximum absolute atomic E-state index is 13.5. The molecule has 0 aliphatic rings. The predicted molar refractivity (Wildman–Crippen MR) is 120 cm³/mol. The van der Waals surface area contributed by atoms with Crippen LogP contribution < -0.4 is 5.32 Å². The number of carbonyl (C=O) groups is 2. The fraction of sp³-hybridized carbons (Fsp3) is 0.0769. The molecular weight excluding hydrogens is 386 g/mol. The minimum atomic E-state index is -0.687. The Morgan fingerprint density at radius 1 is 1.03 bits per heavy atom. The van der Waals surface area contributed by atoms with Crippen LogP contribution in [0.15, 0.2) is 79.0 Å². The average molecular weight is 405 g/mol. The Hall–Kier alpha value is -4.30. The van der Waals surface area contributed by atoms with Gasteiger partial charge >= 0.3 is 0 Å². The van der Waals surface area contributed by atoms with Gasteiger partial charge in [-0.1, -0.05) is 54.6 Å². The molecule has 1 N–H and O–H groups in total. The fourth-order valence-corrected chi connectivity index (χ4v) is 3.55. The highest BCUT2D eigenvalue weighted by molar-refractivity contribution is 6.12. The van der Waals surface area contributed by atoms with Crippen LogP contribution in [-0.2, 0) is 11.2 Å². The number of amides is 1. The third-order valence-electron chi connectivity index (χ3n) is 4.96. The van der Waals surface area contributed by atoms with E-state index in [0.717, 1.165) is 11.8 Å². The van der Waals surface area contributed by atoms with Crippen LogP contribution in [-0.4, -0.2) is 28.2 Å². The Morgan fingerprint density at radius 2 is 1.77 bits per heavy atom. The van der Waals surface area contributed by atoms with Crippen molar-refractivity contribution >= 4 is 23.1 Å². The second kappa shape index (κ2) is 9.02. The Morgan fingerprint density at radius 3 is 2.48 bits per heavy atom. The van der Waals surface area contributed by atoms with Crippen LogP contribution in [0.4, 0.5) is 0 Å². The van der Waals surface area contributed by atoms with Gasteiger partial charge in [0.25, 0.3) is 5.91 Å². The SMILES string of the molecule is C#Cc1nc2ccccc2c(C(=O)NC(C=O)Cc2ccccc2)c1-c1ccccn1. The van der Waals surface area contributed by atoms with Gasteiger partial charge in [0, 0.05) is 17.1 Å². The van der Waals surface area contributed by atoms with Gasteiger partial charge in [0.2, 0.25) is 0 Å². The first-order chi connectivity index (χ1) is 15.2. The number of nitrogens with zero attached hydrogens (tertiary/aromatic N) is 2. The molecule has 31 heavy (non-hydrogen) atoms. The summed E-state index contributed by atoms with van der Waals surface area (Å²) in [4.78, 5) is 34.2. The number of rotatable bonds is 6. The number of terminal acetylenes is 1. The van der Waals surface area contributed by atoms with Gasteiger partial charge in [0.1, 0.15) is 12.0 Å². The van der Waals surface area contributed by atoms with Crippen molar-refractivity contribution in [1.29, 1.82) is 0 Å². The van der Waals surface area contributed by atoms with Crippen LogP contribution in [0.25, 0.3) is 22.2 Å². The van der Waals surface area contributed by atoms with Crippen LogP contribution in [0.3, 0.4) is 0 Å². The smallest absolute Gasteiger partial charge is 0.253 e. The van der Waals surface area contributed by atoms with Crippen molar-refractivity contribution in [3.05, 3.63) is 95.8 Å². The summed E-state index contributed by atoms with van der Waals surface area (Å²) in [6.07, 6.45) is 8.52. The molecule has 4 rings (SSSR count). The number of aldehydes is 1. The quantitative estimate of drug-likeness (QED) is 0.391. The van der Waals surface area contributed by atoms with Crippen molar-refractivity contribution in [2.75, 3.05) is 0 Å². The van der Waals surface area contributed by atoms with Gasteiger partial charge in [-0.3, -0.25) is 9.78 Å². The normalized spacial score (nSPS) is 11.5. The predicted octanol–water partition coefficient (Wildman–Crippen LogP) is 3.82. The summed E-state index contributed by atoms with van der Waals surface area (Å²) in [6, 6.07) is 21.5. The van der Waals surface area contributed by atoms with Crippen molar-refractivity contribution in [1.82, 2.24) is 15.3 Å². The van der Waals surface area contributed by atoms with Gasteiger partial charge in [-0.2, -0.15) is 0 Å². The molecule has 2 aromatic heterocycles. The molecule has 5 heteroatoms. The van der Waals surface area contributed by atoms with Crippen molar-refractivity contribution in [3.63, 3.8) is 0 Å². The topological polar surface area (TPSA) is 72.0 Å². The summed E-state index contributed by atoms with van der Waals surface area (Å²) in [5, 5.41) is 3.50. The zero-order valence-corrected chi connectivity index (χ0v) is 16.7. The zero-order chi connectivity index (χ0) is 21.6. The second-order valence-corrected chi connectivity index (χ2v) is 6.99. The first-order valence-corrected chi connectivity index (χ1v) is 9.82. The Bertz CT molecular complexity index is 1280. The van der Waals surface area contributed by atoms with Gasteiger partial charge in [-0.25, -0.2) is 4.98 Å². The number of benzene rings is 2. The standard InChI is InChI=1S/C26H19N3O2/c1-2-21-25(23-14-8-9-15-27-23)24(20-12-6-7-13-22(20)29-21)26(31)28-19(17-30)16-18-10-4-3-5-11-18/h1,3-15,17,19H,16H2,(H,28,31). The lowest BCUT2D eigenvalue weighted by Crippen LogP contribution is -2.38. The van der Waals surface area contributed by atoms with Gasteiger partial charge in [-0.15, -0.1) is 6.42 Å². The summed E-state index contributed by atoms with van der Waals surface area (Å²) >= 11 is 0. The Balaban J connectivity index is 1.82. The van der Waals surface area contributed by atoms with E-state index in [0.29, 0.717) is 39.8 Å². The van der Waals surface area contributed by atoms with Gasteiger partial charge in [-0.05, 0) is 36.1 Å². The number of hydrogen-bond acceptors (Lipinski definition) is 4. The number of carbonyl (C=O) groups excluding carboxylic acids is 2. The molecule has 0 saturated heterocycles.